The van der Waals surface area contributed by atoms with E-state index in [1.807, 2.05) is 30.9 Å². The lowest BCUT2D eigenvalue weighted by atomic mass is 9.93. The number of sulfonamides is 1. The molecule has 2 aromatic rings. The summed E-state index contributed by atoms with van der Waals surface area (Å²) in [7, 11) is -1.56. The monoisotopic (exact) mass is 572 g/mol. The summed E-state index contributed by atoms with van der Waals surface area (Å²) in [5.74, 6) is 1.44. The number of imidazole rings is 1. The number of rotatable bonds is 5. The number of piperidine rings is 1. The molecule has 0 aliphatic carbocycles. The number of guanidine groups is 1. The fourth-order valence-corrected chi connectivity index (χ4v) is 5.98. The van der Waals surface area contributed by atoms with Crippen LogP contribution in [0, 0.1) is 5.92 Å². The van der Waals surface area contributed by atoms with Crippen molar-refractivity contribution in [1.29, 1.82) is 0 Å². The third kappa shape index (κ3) is 5.45. The maximum absolute atomic E-state index is 12.7. The van der Waals surface area contributed by atoms with Crippen molar-refractivity contribution in [3.05, 3.63) is 48.5 Å². The van der Waals surface area contributed by atoms with E-state index >= 15 is 0 Å². The summed E-state index contributed by atoms with van der Waals surface area (Å²) >= 11 is 0. The second kappa shape index (κ2) is 11.0. The minimum Gasteiger partial charge on any atom is -0.352 e. The predicted molar refractivity (Wildman–Crippen MR) is 137 cm³/mol. The SMILES string of the molecule is CN=C(NCc1ccc(S(=O)(=O)N2CCCC2)cc1)N1CCC(C)C(n2ccnc2)C1.I. The average Bonchev–Trinajstić information content (AvgIpc) is 3.50. The molecule has 2 unspecified atom stereocenters. The van der Waals surface area contributed by atoms with Crippen LogP contribution in [-0.2, 0) is 16.6 Å². The van der Waals surface area contributed by atoms with Crippen LogP contribution < -0.4 is 5.32 Å². The largest absolute Gasteiger partial charge is 0.352 e. The minimum absolute atomic E-state index is 0. The normalized spacial score (nSPS) is 22.6. The zero-order valence-corrected chi connectivity index (χ0v) is 21.9. The van der Waals surface area contributed by atoms with Gasteiger partial charge in [0.1, 0.15) is 0 Å². The number of nitrogens with zero attached hydrogens (tertiary/aromatic N) is 5. The third-order valence-electron chi connectivity index (χ3n) is 6.41. The number of benzene rings is 1. The molecular weight excluding hydrogens is 539 g/mol. The average molecular weight is 573 g/mol. The van der Waals surface area contributed by atoms with Gasteiger partial charge >= 0.3 is 0 Å². The van der Waals surface area contributed by atoms with E-state index in [9.17, 15) is 8.42 Å². The Morgan fingerprint density at radius 1 is 1.19 bits per heavy atom. The first-order valence-electron chi connectivity index (χ1n) is 11.0. The lowest BCUT2D eigenvalue weighted by molar-refractivity contribution is 0.189. The molecule has 2 aliphatic rings. The summed E-state index contributed by atoms with van der Waals surface area (Å²) in [5, 5.41) is 3.44. The Hall–Kier alpha value is -1.66. The highest BCUT2D eigenvalue weighted by atomic mass is 127. The Bertz CT molecular complexity index is 988. The van der Waals surface area contributed by atoms with Crippen LogP contribution in [0.5, 0.6) is 0 Å². The van der Waals surface area contributed by atoms with Gasteiger partial charge in [0.15, 0.2) is 5.96 Å². The van der Waals surface area contributed by atoms with Gasteiger partial charge in [-0.1, -0.05) is 19.1 Å². The van der Waals surface area contributed by atoms with Gasteiger partial charge in [0.05, 0.1) is 17.3 Å². The van der Waals surface area contributed by atoms with E-state index in [2.05, 4.69) is 31.7 Å². The van der Waals surface area contributed by atoms with Gasteiger partial charge < -0.3 is 14.8 Å². The van der Waals surface area contributed by atoms with Crippen LogP contribution in [0.2, 0.25) is 0 Å². The molecule has 2 fully saturated rings. The number of aromatic nitrogens is 2. The van der Waals surface area contributed by atoms with E-state index in [4.69, 9.17) is 0 Å². The van der Waals surface area contributed by atoms with Gasteiger partial charge in [0, 0.05) is 52.2 Å². The molecule has 32 heavy (non-hydrogen) atoms. The first-order chi connectivity index (χ1) is 15.0. The second-order valence-corrected chi connectivity index (χ2v) is 10.4. The van der Waals surface area contributed by atoms with Crippen LogP contribution in [-0.4, -0.2) is 66.4 Å². The molecule has 4 rings (SSSR count). The van der Waals surface area contributed by atoms with E-state index in [1.54, 1.807) is 23.5 Å². The highest BCUT2D eigenvalue weighted by molar-refractivity contribution is 14.0. The first-order valence-corrected chi connectivity index (χ1v) is 12.4. The Morgan fingerprint density at radius 2 is 1.91 bits per heavy atom. The van der Waals surface area contributed by atoms with Crippen LogP contribution in [0.3, 0.4) is 0 Å². The number of hydrogen-bond acceptors (Lipinski definition) is 4. The Labute approximate surface area is 208 Å². The summed E-state index contributed by atoms with van der Waals surface area (Å²) in [4.78, 5) is 11.3. The number of hydrogen-bond donors (Lipinski definition) is 1. The van der Waals surface area contributed by atoms with Crippen molar-refractivity contribution in [3.8, 4) is 0 Å². The van der Waals surface area contributed by atoms with Crippen molar-refractivity contribution in [2.45, 2.75) is 43.7 Å². The van der Waals surface area contributed by atoms with Crippen LogP contribution in [0.15, 0.2) is 52.9 Å². The Balaban J connectivity index is 0.00000289. The topological polar surface area (TPSA) is 82.8 Å². The lowest BCUT2D eigenvalue weighted by Crippen LogP contribution is -2.48. The van der Waals surface area contributed by atoms with Gasteiger partial charge in [-0.05, 0) is 42.9 Å². The molecule has 1 aromatic heterocycles. The predicted octanol–water partition coefficient (Wildman–Crippen LogP) is 2.94. The van der Waals surface area contributed by atoms with Crippen LogP contribution >= 0.6 is 24.0 Å². The summed E-state index contributed by atoms with van der Waals surface area (Å²) in [6, 6.07) is 7.56. The zero-order chi connectivity index (χ0) is 21.8. The molecule has 1 aromatic carbocycles. The van der Waals surface area contributed by atoms with E-state index in [1.165, 1.54) is 0 Å². The standard InChI is InChI=1S/C22H32N6O2S.HI/c1-18-9-13-26(16-21(18)27-14-10-24-17-27)22(23-2)25-15-19-5-7-20(8-6-19)31(29,30)28-11-3-4-12-28;/h5-8,10,14,17-18,21H,3-4,9,11-13,15-16H2,1-2H3,(H,23,25);1H. The first kappa shape index (κ1) is 25.0. The van der Waals surface area contributed by atoms with Crippen LogP contribution in [0.25, 0.3) is 0 Å². The summed E-state index contributed by atoms with van der Waals surface area (Å²) in [5.41, 5.74) is 1.03. The molecule has 2 aliphatic heterocycles. The summed E-state index contributed by atoms with van der Waals surface area (Å²) in [6.07, 6.45) is 8.71. The Morgan fingerprint density at radius 3 is 2.53 bits per heavy atom. The van der Waals surface area contributed by atoms with E-state index in [0.717, 1.165) is 43.9 Å². The molecule has 0 spiro atoms. The second-order valence-electron chi connectivity index (χ2n) is 8.45. The zero-order valence-electron chi connectivity index (χ0n) is 18.7. The fraction of sp³-hybridized carbons (Fsp3) is 0.545. The molecule has 0 radical (unpaired) electrons. The highest BCUT2D eigenvalue weighted by Crippen LogP contribution is 2.27. The highest BCUT2D eigenvalue weighted by Gasteiger charge is 2.29. The van der Waals surface area contributed by atoms with Gasteiger partial charge in [-0.25, -0.2) is 13.4 Å². The molecule has 3 heterocycles. The van der Waals surface area contributed by atoms with Crippen molar-refractivity contribution < 1.29 is 8.42 Å². The maximum atomic E-state index is 12.7. The molecule has 10 heteroatoms. The molecule has 0 saturated carbocycles. The quantitative estimate of drug-likeness (QED) is 0.339. The summed E-state index contributed by atoms with van der Waals surface area (Å²) in [6.45, 7) is 5.96. The van der Waals surface area contributed by atoms with E-state index < -0.39 is 10.0 Å². The summed E-state index contributed by atoms with van der Waals surface area (Å²) < 4.78 is 29.2. The van der Waals surface area contributed by atoms with Gasteiger partial charge in [-0.2, -0.15) is 4.31 Å². The number of aliphatic imine (C=N–C) groups is 1. The van der Waals surface area contributed by atoms with Crippen LogP contribution in [0.1, 0.15) is 37.8 Å². The molecule has 0 bridgehead atoms. The van der Waals surface area contributed by atoms with Crippen molar-refractivity contribution in [2.24, 2.45) is 10.9 Å². The fourth-order valence-electron chi connectivity index (χ4n) is 4.47. The molecule has 2 atom stereocenters. The number of halogens is 1. The molecule has 0 amide bonds. The van der Waals surface area contributed by atoms with E-state index in [0.29, 0.717) is 36.5 Å². The minimum atomic E-state index is -3.37. The van der Waals surface area contributed by atoms with Crippen molar-refractivity contribution in [3.63, 3.8) is 0 Å². The van der Waals surface area contributed by atoms with E-state index in [-0.39, 0.29) is 24.0 Å². The lowest BCUT2D eigenvalue weighted by Gasteiger charge is -2.39. The Kier molecular flexibility index (Phi) is 8.56. The van der Waals surface area contributed by atoms with Gasteiger partial charge in [-0.15, -0.1) is 24.0 Å². The van der Waals surface area contributed by atoms with Crippen LogP contribution in [0.4, 0.5) is 0 Å². The molecule has 176 valence electrons. The smallest absolute Gasteiger partial charge is 0.243 e. The number of likely N-dealkylation sites (tertiary alicyclic amines) is 1. The van der Waals surface area contributed by atoms with Crippen molar-refractivity contribution >= 4 is 40.0 Å². The van der Waals surface area contributed by atoms with Crippen molar-refractivity contribution in [2.75, 3.05) is 33.2 Å². The van der Waals surface area contributed by atoms with Gasteiger partial charge in [0.2, 0.25) is 10.0 Å². The molecular formula is C22H33IN6O2S. The van der Waals surface area contributed by atoms with Gasteiger partial charge in [-0.3, -0.25) is 4.99 Å². The third-order valence-corrected chi connectivity index (χ3v) is 8.33. The molecule has 2 saturated heterocycles. The van der Waals surface area contributed by atoms with Crippen molar-refractivity contribution in [1.82, 2.24) is 24.1 Å². The number of nitrogens with one attached hydrogen (secondary N) is 1. The molecule has 8 nitrogen and oxygen atoms in total. The maximum Gasteiger partial charge on any atom is 0.243 e. The van der Waals surface area contributed by atoms with Gasteiger partial charge in [0.25, 0.3) is 0 Å². The molecule has 1 N–H and O–H groups in total.